The number of anilines is 1. The summed E-state index contributed by atoms with van der Waals surface area (Å²) in [5.74, 6) is -0.0296. The van der Waals surface area contributed by atoms with Gasteiger partial charge in [0.1, 0.15) is 0 Å². The van der Waals surface area contributed by atoms with E-state index in [1.807, 2.05) is 77.7 Å². The van der Waals surface area contributed by atoms with Crippen molar-refractivity contribution in [3.05, 3.63) is 84.4 Å². The maximum atomic E-state index is 12.7. The molecule has 1 aliphatic heterocycles. The number of piperidine rings is 1. The molecule has 3 aromatic rings. The summed E-state index contributed by atoms with van der Waals surface area (Å²) in [7, 11) is 0. The molecule has 2 amide bonds. The summed E-state index contributed by atoms with van der Waals surface area (Å²) in [6.45, 7) is 1.21. The van der Waals surface area contributed by atoms with Crippen molar-refractivity contribution in [3.63, 3.8) is 0 Å². The smallest absolute Gasteiger partial charge is 0.246 e. The number of rotatable bonds is 4. The van der Waals surface area contributed by atoms with E-state index in [1.54, 1.807) is 6.08 Å². The lowest BCUT2D eigenvalue weighted by molar-refractivity contribution is -0.130. The first-order chi connectivity index (χ1) is 14.2. The Morgan fingerprint density at radius 1 is 0.862 bits per heavy atom. The van der Waals surface area contributed by atoms with Crippen LogP contribution in [0.5, 0.6) is 0 Å². The van der Waals surface area contributed by atoms with Crippen LogP contribution in [0.25, 0.3) is 16.8 Å². The summed E-state index contributed by atoms with van der Waals surface area (Å²) >= 11 is 0. The third kappa shape index (κ3) is 4.72. The van der Waals surface area contributed by atoms with Gasteiger partial charge in [0.15, 0.2) is 0 Å². The number of carbonyl (C=O) groups excluding carboxylic acids is 2. The minimum absolute atomic E-state index is 0.00207. The molecular formula is C25H24N2O2. The van der Waals surface area contributed by atoms with Crippen molar-refractivity contribution in [2.24, 2.45) is 5.92 Å². The van der Waals surface area contributed by atoms with E-state index in [0.29, 0.717) is 25.9 Å². The number of amides is 2. The monoisotopic (exact) mass is 384 g/mol. The molecule has 1 fully saturated rings. The quantitative estimate of drug-likeness (QED) is 0.661. The molecule has 146 valence electrons. The Morgan fingerprint density at radius 3 is 2.31 bits per heavy atom. The number of nitrogens with zero attached hydrogens (tertiary/aromatic N) is 1. The topological polar surface area (TPSA) is 49.4 Å². The zero-order valence-electron chi connectivity index (χ0n) is 16.3. The van der Waals surface area contributed by atoms with Gasteiger partial charge >= 0.3 is 0 Å². The van der Waals surface area contributed by atoms with E-state index in [-0.39, 0.29) is 17.7 Å². The van der Waals surface area contributed by atoms with Crippen LogP contribution in [-0.4, -0.2) is 29.8 Å². The number of nitrogens with one attached hydrogen (secondary N) is 1. The molecule has 0 saturated carbocycles. The molecule has 0 bridgehead atoms. The Hall–Kier alpha value is -3.40. The Kier molecular flexibility index (Phi) is 5.71. The summed E-state index contributed by atoms with van der Waals surface area (Å²) in [5.41, 5.74) is 1.82. The summed E-state index contributed by atoms with van der Waals surface area (Å²) in [5, 5.41) is 5.30. The first kappa shape index (κ1) is 18.9. The maximum absolute atomic E-state index is 12.7. The van der Waals surface area contributed by atoms with E-state index in [0.717, 1.165) is 22.0 Å². The Balaban J connectivity index is 1.31. The van der Waals surface area contributed by atoms with E-state index >= 15 is 0 Å². The standard InChI is InChI=1S/C25H24N2O2/c28-24(13-10-19-6-2-1-3-7-19)27-16-14-21(15-17-27)25(29)26-23-12-11-20-8-4-5-9-22(20)18-23/h1-13,18,21H,14-17H2,(H,26,29). The maximum Gasteiger partial charge on any atom is 0.246 e. The molecule has 29 heavy (non-hydrogen) atoms. The van der Waals surface area contributed by atoms with Crippen LogP contribution < -0.4 is 5.32 Å². The number of hydrogen-bond acceptors (Lipinski definition) is 2. The predicted octanol–water partition coefficient (Wildman–Crippen LogP) is 4.73. The summed E-state index contributed by atoms with van der Waals surface area (Å²) in [6.07, 6.45) is 4.82. The van der Waals surface area contributed by atoms with Gasteiger partial charge < -0.3 is 10.2 Å². The highest BCUT2D eigenvalue weighted by Crippen LogP contribution is 2.22. The van der Waals surface area contributed by atoms with Crippen molar-refractivity contribution in [2.45, 2.75) is 12.8 Å². The lowest BCUT2D eigenvalue weighted by atomic mass is 9.95. The van der Waals surface area contributed by atoms with Crippen LogP contribution in [0.15, 0.2) is 78.9 Å². The van der Waals surface area contributed by atoms with Gasteiger partial charge in [0.05, 0.1) is 0 Å². The van der Waals surface area contributed by atoms with Crippen LogP contribution in [0.1, 0.15) is 18.4 Å². The SMILES string of the molecule is O=C(Nc1ccc2ccccc2c1)C1CCN(C(=O)C=Cc2ccccc2)CC1. The molecule has 0 aliphatic carbocycles. The Labute approximate surface area is 170 Å². The number of benzene rings is 3. The fourth-order valence-electron chi connectivity index (χ4n) is 3.71. The average molecular weight is 384 g/mol. The average Bonchev–Trinajstić information content (AvgIpc) is 2.78. The molecule has 0 radical (unpaired) electrons. The molecule has 1 aliphatic rings. The molecule has 1 heterocycles. The third-order valence-corrected chi connectivity index (χ3v) is 5.41. The second-order valence-electron chi connectivity index (χ2n) is 7.39. The van der Waals surface area contributed by atoms with Gasteiger partial charge in [-0.2, -0.15) is 0 Å². The molecule has 0 aromatic heterocycles. The normalized spacial score (nSPS) is 15.0. The molecule has 3 aromatic carbocycles. The van der Waals surface area contributed by atoms with Gasteiger partial charge in [0.25, 0.3) is 0 Å². The second kappa shape index (κ2) is 8.74. The van der Waals surface area contributed by atoms with Crippen molar-refractivity contribution in [3.8, 4) is 0 Å². The predicted molar refractivity (Wildman–Crippen MR) is 117 cm³/mol. The van der Waals surface area contributed by atoms with E-state index < -0.39 is 0 Å². The number of fused-ring (bicyclic) bond motifs is 1. The highest BCUT2D eigenvalue weighted by molar-refractivity contribution is 5.96. The van der Waals surface area contributed by atoms with Gasteiger partial charge in [-0.1, -0.05) is 60.7 Å². The highest BCUT2D eigenvalue weighted by atomic mass is 16.2. The van der Waals surface area contributed by atoms with E-state index in [2.05, 4.69) is 11.4 Å². The molecule has 1 N–H and O–H groups in total. The van der Waals surface area contributed by atoms with Gasteiger partial charge in [0.2, 0.25) is 11.8 Å². The zero-order valence-corrected chi connectivity index (χ0v) is 16.3. The largest absolute Gasteiger partial charge is 0.339 e. The Bertz CT molecular complexity index is 1030. The van der Waals surface area contributed by atoms with Crippen molar-refractivity contribution >= 4 is 34.4 Å². The van der Waals surface area contributed by atoms with Gasteiger partial charge in [-0.05, 0) is 47.4 Å². The molecular weight excluding hydrogens is 360 g/mol. The number of hydrogen-bond donors (Lipinski definition) is 1. The van der Waals surface area contributed by atoms with Crippen LogP contribution in [0.2, 0.25) is 0 Å². The second-order valence-corrected chi connectivity index (χ2v) is 7.39. The van der Waals surface area contributed by atoms with Crippen LogP contribution in [0, 0.1) is 5.92 Å². The van der Waals surface area contributed by atoms with E-state index in [4.69, 9.17) is 0 Å². The van der Waals surface area contributed by atoms with Gasteiger partial charge in [-0.15, -0.1) is 0 Å². The van der Waals surface area contributed by atoms with Crippen molar-refractivity contribution in [2.75, 3.05) is 18.4 Å². The van der Waals surface area contributed by atoms with Crippen LogP contribution in [-0.2, 0) is 9.59 Å². The molecule has 4 rings (SSSR count). The van der Waals surface area contributed by atoms with Crippen molar-refractivity contribution in [1.29, 1.82) is 0 Å². The minimum atomic E-state index is -0.0661. The van der Waals surface area contributed by atoms with Gasteiger partial charge in [-0.3, -0.25) is 9.59 Å². The van der Waals surface area contributed by atoms with Crippen molar-refractivity contribution < 1.29 is 9.59 Å². The van der Waals surface area contributed by atoms with E-state index in [1.165, 1.54) is 0 Å². The van der Waals surface area contributed by atoms with Crippen LogP contribution in [0.4, 0.5) is 5.69 Å². The Morgan fingerprint density at radius 2 is 1.55 bits per heavy atom. The lowest BCUT2D eigenvalue weighted by Gasteiger charge is -2.30. The fourth-order valence-corrected chi connectivity index (χ4v) is 3.71. The number of carbonyl (C=O) groups is 2. The van der Waals surface area contributed by atoms with Gasteiger partial charge in [0, 0.05) is 30.8 Å². The first-order valence-corrected chi connectivity index (χ1v) is 10.0. The lowest BCUT2D eigenvalue weighted by Crippen LogP contribution is -2.40. The molecule has 0 atom stereocenters. The zero-order chi connectivity index (χ0) is 20.1. The number of likely N-dealkylation sites (tertiary alicyclic amines) is 1. The molecule has 4 heteroatoms. The van der Waals surface area contributed by atoms with Gasteiger partial charge in [-0.25, -0.2) is 0 Å². The van der Waals surface area contributed by atoms with Crippen molar-refractivity contribution in [1.82, 2.24) is 4.90 Å². The summed E-state index contributed by atoms with van der Waals surface area (Å²) in [6, 6.07) is 23.8. The first-order valence-electron chi connectivity index (χ1n) is 10.0. The fraction of sp³-hybridized carbons (Fsp3) is 0.200. The molecule has 0 spiro atoms. The molecule has 4 nitrogen and oxygen atoms in total. The molecule has 0 unspecified atom stereocenters. The van der Waals surface area contributed by atoms with Crippen LogP contribution >= 0.6 is 0 Å². The summed E-state index contributed by atoms with van der Waals surface area (Å²) in [4.78, 5) is 26.9. The van der Waals surface area contributed by atoms with Crippen LogP contribution in [0.3, 0.4) is 0 Å². The molecule has 1 saturated heterocycles. The minimum Gasteiger partial charge on any atom is -0.339 e. The third-order valence-electron chi connectivity index (χ3n) is 5.41. The summed E-state index contributed by atoms with van der Waals surface area (Å²) < 4.78 is 0. The highest BCUT2D eigenvalue weighted by Gasteiger charge is 2.26. The van der Waals surface area contributed by atoms with E-state index in [9.17, 15) is 9.59 Å².